The highest BCUT2D eigenvalue weighted by molar-refractivity contribution is 6.35. The first-order valence-electron chi connectivity index (χ1n) is 10.1. The topological polar surface area (TPSA) is 58.6 Å². The molecule has 0 unspecified atom stereocenters. The molecule has 1 N–H and O–H groups in total. The molecule has 1 atom stereocenters. The van der Waals surface area contributed by atoms with Crippen LogP contribution >= 0.6 is 23.2 Å². The van der Waals surface area contributed by atoms with Crippen molar-refractivity contribution in [3.63, 3.8) is 0 Å². The second kappa shape index (κ2) is 10.4. The molecule has 2 amide bonds. The van der Waals surface area contributed by atoms with Crippen LogP contribution in [0.15, 0.2) is 36.4 Å². The van der Waals surface area contributed by atoms with Crippen molar-refractivity contribution in [2.24, 2.45) is 0 Å². The molecule has 0 aromatic heterocycles. The number of carbonyl (C=O) groups excluding carboxylic acids is 2. The molecule has 0 aliphatic heterocycles. The third kappa shape index (κ3) is 7.44. The third-order valence-corrected chi connectivity index (χ3v) is 5.30. The van der Waals surface area contributed by atoms with E-state index >= 15 is 0 Å². The van der Waals surface area contributed by atoms with Gasteiger partial charge in [0.2, 0.25) is 5.91 Å². The molecule has 0 saturated heterocycles. The summed E-state index contributed by atoms with van der Waals surface area (Å²) in [5.41, 5.74) is 2.24. The summed E-state index contributed by atoms with van der Waals surface area (Å²) >= 11 is 12.3. The number of amides is 2. The normalized spacial score (nSPS) is 12.3. The largest absolute Gasteiger partial charge is 0.483 e. The third-order valence-electron chi connectivity index (χ3n) is 4.72. The van der Waals surface area contributed by atoms with Gasteiger partial charge in [-0.25, -0.2) is 0 Å². The van der Waals surface area contributed by atoms with Crippen molar-refractivity contribution in [3.05, 3.63) is 63.1 Å². The van der Waals surface area contributed by atoms with Gasteiger partial charge in [-0.2, -0.15) is 0 Å². The molecule has 0 aliphatic rings. The van der Waals surface area contributed by atoms with Crippen LogP contribution in [0, 0.1) is 13.8 Å². The van der Waals surface area contributed by atoms with E-state index in [-0.39, 0.29) is 25.0 Å². The fourth-order valence-electron chi connectivity index (χ4n) is 2.98. The van der Waals surface area contributed by atoms with Crippen LogP contribution < -0.4 is 10.1 Å². The average Bonchev–Trinajstić information content (AvgIpc) is 2.66. The molecular formula is C24H30Cl2N2O3. The number of ether oxygens (including phenoxy) is 1. The molecule has 31 heavy (non-hydrogen) atoms. The lowest BCUT2D eigenvalue weighted by Crippen LogP contribution is -2.53. The predicted molar refractivity (Wildman–Crippen MR) is 126 cm³/mol. The van der Waals surface area contributed by atoms with Crippen molar-refractivity contribution in [2.45, 2.75) is 59.7 Å². The van der Waals surface area contributed by atoms with Crippen LogP contribution in [-0.2, 0) is 16.1 Å². The van der Waals surface area contributed by atoms with E-state index in [1.807, 2.05) is 52.8 Å². The van der Waals surface area contributed by atoms with Gasteiger partial charge in [-0.1, -0.05) is 41.4 Å². The SMILES string of the molecule is Cc1ccc(C)c(OCC(=O)N(Cc2ccc(Cl)cc2Cl)[C@H](C)C(=O)NC(C)(C)C)c1. The first kappa shape index (κ1) is 25.0. The monoisotopic (exact) mass is 464 g/mol. The van der Waals surface area contributed by atoms with Gasteiger partial charge in [0.25, 0.3) is 5.91 Å². The molecule has 0 heterocycles. The zero-order valence-corrected chi connectivity index (χ0v) is 20.4. The highest BCUT2D eigenvalue weighted by atomic mass is 35.5. The van der Waals surface area contributed by atoms with Gasteiger partial charge in [0.15, 0.2) is 6.61 Å². The molecule has 0 radical (unpaired) electrons. The van der Waals surface area contributed by atoms with Gasteiger partial charge in [-0.15, -0.1) is 0 Å². The number of carbonyl (C=O) groups is 2. The summed E-state index contributed by atoms with van der Waals surface area (Å²) in [6.07, 6.45) is 0. The number of nitrogens with one attached hydrogen (secondary N) is 1. The van der Waals surface area contributed by atoms with E-state index in [0.717, 1.165) is 11.1 Å². The van der Waals surface area contributed by atoms with Crippen LogP contribution in [0.5, 0.6) is 5.75 Å². The molecule has 0 spiro atoms. The van der Waals surface area contributed by atoms with Crippen molar-refractivity contribution in [3.8, 4) is 5.75 Å². The lowest BCUT2D eigenvalue weighted by atomic mass is 10.1. The number of hydrogen-bond donors (Lipinski definition) is 1. The minimum atomic E-state index is -0.722. The van der Waals surface area contributed by atoms with E-state index in [9.17, 15) is 9.59 Å². The zero-order valence-electron chi connectivity index (χ0n) is 18.9. The van der Waals surface area contributed by atoms with Gasteiger partial charge in [0, 0.05) is 22.1 Å². The van der Waals surface area contributed by atoms with Crippen LogP contribution in [0.25, 0.3) is 0 Å². The van der Waals surface area contributed by atoms with Crippen LogP contribution in [-0.4, -0.2) is 34.9 Å². The maximum Gasteiger partial charge on any atom is 0.261 e. The van der Waals surface area contributed by atoms with Crippen molar-refractivity contribution in [1.29, 1.82) is 0 Å². The summed E-state index contributed by atoms with van der Waals surface area (Å²) in [7, 11) is 0. The lowest BCUT2D eigenvalue weighted by molar-refractivity contribution is -0.142. The fourth-order valence-corrected chi connectivity index (χ4v) is 3.44. The summed E-state index contributed by atoms with van der Waals surface area (Å²) in [5, 5.41) is 3.86. The van der Waals surface area contributed by atoms with Crippen LogP contribution in [0.2, 0.25) is 10.0 Å². The van der Waals surface area contributed by atoms with Crippen molar-refractivity contribution in [2.75, 3.05) is 6.61 Å². The first-order valence-corrected chi connectivity index (χ1v) is 10.9. The summed E-state index contributed by atoms with van der Waals surface area (Å²) < 4.78 is 5.80. The van der Waals surface area contributed by atoms with Gasteiger partial charge in [0.1, 0.15) is 11.8 Å². The van der Waals surface area contributed by atoms with E-state index in [4.69, 9.17) is 27.9 Å². The number of nitrogens with zero attached hydrogens (tertiary/aromatic N) is 1. The van der Waals surface area contributed by atoms with Gasteiger partial charge >= 0.3 is 0 Å². The Morgan fingerprint density at radius 3 is 2.39 bits per heavy atom. The zero-order chi connectivity index (χ0) is 23.3. The standard InChI is InChI=1S/C24H30Cl2N2O3/c1-15-7-8-16(2)21(11-15)31-14-22(29)28(17(3)23(30)27-24(4,5)6)13-18-9-10-19(25)12-20(18)26/h7-12,17H,13-14H2,1-6H3,(H,27,30)/t17-/m1/s1. The summed E-state index contributed by atoms with van der Waals surface area (Å²) in [5.74, 6) is 0.0748. The van der Waals surface area contributed by atoms with Crippen LogP contribution in [0.3, 0.4) is 0 Å². The number of benzene rings is 2. The second-order valence-electron chi connectivity index (χ2n) is 8.73. The van der Waals surface area contributed by atoms with Gasteiger partial charge in [-0.05, 0) is 76.4 Å². The van der Waals surface area contributed by atoms with Crippen molar-refractivity contribution >= 4 is 35.0 Å². The predicted octanol–water partition coefficient (Wildman–Crippen LogP) is 5.32. The lowest BCUT2D eigenvalue weighted by Gasteiger charge is -2.31. The first-order chi connectivity index (χ1) is 14.4. The fraction of sp³-hybridized carbons (Fsp3) is 0.417. The Bertz CT molecular complexity index is 954. The minimum Gasteiger partial charge on any atom is -0.483 e. The molecule has 5 nitrogen and oxygen atoms in total. The molecule has 7 heteroatoms. The summed E-state index contributed by atoms with van der Waals surface area (Å²) in [6, 6.07) is 10.2. The van der Waals surface area contributed by atoms with Crippen molar-refractivity contribution in [1.82, 2.24) is 10.2 Å². The number of rotatable bonds is 7. The Hall–Kier alpha value is -2.24. The quantitative estimate of drug-likeness (QED) is 0.602. The Labute approximate surface area is 194 Å². The average molecular weight is 465 g/mol. The van der Waals surface area contributed by atoms with E-state index in [1.165, 1.54) is 4.90 Å². The van der Waals surface area contributed by atoms with Crippen LogP contribution in [0.4, 0.5) is 0 Å². The molecule has 0 fully saturated rings. The summed E-state index contributed by atoms with van der Waals surface area (Å²) in [6.45, 7) is 11.2. The van der Waals surface area contributed by atoms with Gasteiger partial charge < -0.3 is 15.0 Å². The molecule has 168 valence electrons. The number of hydrogen-bond acceptors (Lipinski definition) is 3. The Morgan fingerprint density at radius 1 is 1.10 bits per heavy atom. The minimum absolute atomic E-state index is 0.156. The molecule has 2 aromatic rings. The van der Waals surface area contributed by atoms with E-state index < -0.39 is 11.6 Å². The molecule has 0 aliphatic carbocycles. The maximum absolute atomic E-state index is 13.2. The molecule has 2 aromatic carbocycles. The van der Waals surface area contributed by atoms with E-state index in [2.05, 4.69) is 5.32 Å². The van der Waals surface area contributed by atoms with E-state index in [0.29, 0.717) is 21.4 Å². The number of aryl methyl sites for hydroxylation is 2. The molecule has 0 bridgehead atoms. The maximum atomic E-state index is 13.2. The van der Waals surface area contributed by atoms with E-state index in [1.54, 1.807) is 25.1 Å². The molecular weight excluding hydrogens is 435 g/mol. The van der Waals surface area contributed by atoms with Gasteiger partial charge in [-0.3, -0.25) is 9.59 Å². The molecule has 2 rings (SSSR count). The van der Waals surface area contributed by atoms with Gasteiger partial charge in [0.05, 0.1) is 0 Å². The molecule has 0 saturated carbocycles. The Balaban J connectivity index is 2.25. The Morgan fingerprint density at radius 2 is 1.77 bits per heavy atom. The highest BCUT2D eigenvalue weighted by Crippen LogP contribution is 2.24. The van der Waals surface area contributed by atoms with Crippen LogP contribution in [0.1, 0.15) is 44.4 Å². The highest BCUT2D eigenvalue weighted by Gasteiger charge is 2.29. The number of halogens is 2. The summed E-state index contributed by atoms with van der Waals surface area (Å²) in [4.78, 5) is 27.4. The second-order valence-corrected chi connectivity index (χ2v) is 9.57. The van der Waals surface area contributed by atoms with Crippen molar-refractivity contribution < 1.29 is 14.3 Å². The smallest absolute Gasteiger partial charge is 0.261 e. The Kier molecular flexibility index (Phi) is 8.38.